The van der Waals surface area contributed by atoms with Crippen LogP contribution in [0.4, 0.5) is 10.1 Å². The van der Waals surface area contributed by atoms with Crippen LogP contribution in [0.1, 0.15) is 23.6 Å². The number of halogens is 1. The molecule has 36 heavy (non-hydrogen) atoms. The van der Waals surface area contributed by atoms with Crippen molar-refractivity contribution in [1.82, 2.24) is 4.57 Å². The van der Waals surface area contributed by atoms with Gasteiger partial charge in [0.15, 0.2) is 0 Å². The minimum absolute atomic E-state index is 0.0214. The second kappa shape index (κ2) is 9.07. The van der Waals surface area contributed by atoms with Crippen LogP contribution in [0.3, 0.4) is 0 Å². The van der Waals surface area contributed by atoms with E-state index in [0.29, 0.717) is 5.56 Å². The summed E-state index contributed by atoms with van der Waals surface area (Å²) in [5, 5.41) is 17.0. The lowest BCUT2D eigenvalue weighted by Gasteiger charge is -2.14. The normalized spacial score (nSPS) is 11.7. The maximum atomic E-state index is 14.6. The van der Waals surface area contributed by atoms with Gasteiger partial charge < -0.3 is 9.40 Å². The highest BCUT2D eigenvalue weighted by molar-refractivity contribution is 6.14. The van der Waals surface area contributed by atoms with Gasteiger partial charge in [-0.05, 0) is 48.9 Å². The second-order valence-corrected chi connectivity index (χ2v) is 8.31. The van der Waals surface area contributed by atoms with Crippen LogP contribution in [0.5, 0.6) is 0 Å². The van der Waals surface area contributed by atoms with Crippen LogP contribution in [0.2, 0.25) is 0 Å². The molecule has 0 spiro atoms. The van der Waals surface area contributed by atoms with Crippen molar-refractivity contribution in [3.63, 3.8) is 0 Å². The lowest BCUT2D eigenvalue weighted by molar-refractivity contribution is -0.384. The standard InChI is InChI=1S/C28H20FN3O4/c1-17-15-19(11-13-21(17)28(30-36-18(2)33)23-8-3-5-9-25(23)29)31-26-10-6-4-7-22(26)24-16-20(32(34)35)12-14-27(24)31/h3-16H,1-2H3/b30-28+. The van der Waals surface area contributed by atoms with Crippen LogP contribution in [-0.4, -0.2) is 21.2 Å². The molecule has 5 aromatic rings. The lowest BCUT2D eigenvalue weighted by atomic mass is 9.97. The van der Waals surface area contributed by atoms with Crippen LogP contribution in [-0.2, 0) is 9.63 Å². The molecule has 1 heterocycles. The Hall–Kier alpha value is -4.85. The van der Waals surface area contributed by atoms with Gasteiger partial charge in [0, 0.05) is 46.6 Å². The minimum Gasteiger partial charge on any atom is -0.318 e. The van der Waals surface area contributed by atoms with Gasteiger partial charge in [-0.3, -0.25) is 10.1 Å². The number of nitro benzene ring substituents is 1. The molecule has 0 aliphatic heterocycles. The molecule has 0 atom stereocenters. The van der Waals surface area contributed by atoms with Crippen LogP contribution < -0.4 is 0 Å². The highest BCUT2D eigenvalue weighted by Gasteiger charge is 2.19. The molecule has 0 amide bonds. The van der Waals surface area contributed by atoms with Crippen LogP contribution in [0.25, 0.3) is 27.5 Å². The van der Waals surface area contributed by atoms with E-state index in [1.54, 1.807) is 36.4 Å². The first-order valence-electron chi connectivity index (χ1n) is 11.1. The molecule has 7 nitrogen and oxygen atoms in total. The summed E-state index contributed by atoms with van der Waals surface area (Å²) in [4.78, 5) is 27.3. The molecule has 178 valence electrons. The summed E-state index contributed by atoms with van der Waals surface area (Å²) in [6.07, 6.45) is 0. The third-order valence-corrected chi connectivity index (χ3v) is 5.98. The Morgan fingerprint density at radius 3 is 2.36 bits per heavy atom. The number of nitrogens with zero attached hydrogens (tertiary/aromatic N) is 3. The molecule has 0 saturated carbocycles. The molecular formula is C28H20FN3O4. The molecule has 5 rings (SSSR count). The van der Waals surface area contributed by atoms with Gasteiger partial charge in [0.25, 0.3) is 5.69 Å². The Balaban J connectivity index is 1.70. The largest absolute Gasteiger partial charge is 0.332 e. The second-order valence-electron chi connectivity index (χ2n) is 8.31. The molecule has 1 aromatic heterocycles. The molecule has 0 saturated heterocycles. The van der Waals surface area contributed by atoms with Gasteiger partial charge in [-0.15, -0.1) is 0 Å². The van der Waals surface area contributed by atoms with Crippen molar-refractivity contribution >= 4 is 39.2 Å². The summed E-state index contributed by atoms with van der Waals surface area (Å²) < 4.78 is 16.7. The van der Waals surface area contributed by atoms with Crippen molar-refractivity contribution in [2.24, 2.45) is 5.16 Å². The van der Waals surface area contributed by atoms with E-state index in [1.807, 2.05) is 47.9 Å². The van der Waals surface area contributed by atoms with E-state index in [0.717, 1.165) is 33.1 Å². The van der Waals surface area contributed by atoms with Gasteiger partial charge >= 0.3 is 5.97 Å². The number of hydrogen-bond acceptors (Lipinski definition) is 5. The number of hydrogen-bond donors (Lipinski definition) is 0. The van der Waals surface area contributed by atoms with Crippen LogP contribution >= 0.6 is 0 Å². The highest BCUT2D eigenvalue weighted by Crippen LogP contribution is 2.34. The quantitative estimate of drug-likeness (QED) is 0.125. The summed E-state index contributed by atoms with van der Waals surface area (Å²) in [5.41, 5.74) is 4.32. The number of carbonyl (C=O) groups is 1. The van der Waals surface area contributed by atoms with Gasteiger partial charge in [0.05, 0.1) is 16.0 Å². The van der Waals surface area contributed by atoms with Gasteiger partial charge in [0.1, 0.15) is 11.5 Å². The van der Waals surface area contributed by atoms with Crippen molar-refractivity contribution in [1.29, 1.82) is 0 Å². The highest BCUT2D eigenvalue weighted by atomic mass is 19.1. The molecule has 0 aliphatic rings. The predicted molar refractivity (Wildman–Crippen MR) is 136 cm³/mol. The van der Waals surface area contributed by atoms with Gasteiger partial charge in [-0.25, -0.2) is 9.18 Å². The first-order valence-corrected chi connectivity index (χ1v) is 11.1. The van der Waals surface area contributed by atoms with E-state index in [2.05, 4.69) is 5.16 Å². The van der Waals surface area contributed by atoms with Crippen molar-refractivity contribution in [2.75, 3.05) is 0 Å². The van der Waals surface area contributed by atoms with Crippen molar-refractivity contribution < 1.29 is 18.9 Å². The molecule has 4 aromatic carbocycles. The van der Waals surface area contributed by atoms with Crippen molar-refractivity contribution in [3.05, 3.63) is 118 Å². The maximum absolute atomic E-state index is 14.6. The van der Waals surface area contributed by atoms with E-state index < -0.39 is 16.7 Å². The Bertz CT molecular complexity index is 1700. The number of fused-ring (bicyclic) bond motifs is 3. The molecule has 0 N–H and O–H groups in total. The van der Waals surface area contributed by atoms with Gasteiger partial charge in [0.2, 0.25) is 0 Å². The third kappa shape index (κ3) is 3.98. The number of aromatic nitrogens is 1. The van der Waals surface area contributed by atoms with E-state index in [1.165, 1.54) is 19.1 Å². The zero-order chi connectivity index (χ0) is 25.4. The molecular weight excluding hydrogens is 461 g/mol. The monoisotopic (exact) mass is 481 g/mol. The Morgan fingerprint density at radius 1 is 0.917 bits per heavy atom. The van der Waals surface area contributed by atoms with Crippen LogP contribution in [0.15, 0.2) is 90.1 Å². The topological polar surface area (TPSA) is 86.7 Å². The van der Waals surface area contributed by atoms with E-state index >= 15 is 0 Å². The maximum Gasteiger partial charge on any atom is 0.332 e. The zero-order valence-corrected chi connectivity index (χ0v) is 19.4. The number of carbonyl (C=O) groups excluding carboxylic acids is 1. The number of rotatable bonds is 5. The first kappa shape index (κ1) is 22.9. The van der Waals surface area contributed by atoms with E-state index in [-0.39, 0.29) is 17.0 Å². The minimum atomic E-state index is -0.613. The fourth-order valence-electron chi connectivity index (χ4n) is 4.41. The van der Waals surface area contributed by atoms with Crippen molar-refractivity contribution in [2.45, 2.75) is 13.8 Å². The number of benzene rings is 4. The Morgan fingerprint density at radius 2 is 1.64 bits per heavy atom. The summed E-state index contributed by atoms with van der Waals surface area (Å²) >= 11 is 0. The number of oxime groups is 1. The number of nitro groups is 1. The molecule has 0 bridgehead atoms. The molecule has 0 unspecified atom stereocenters. The molecule has 8 heteroatoms. The van der Waals surface area contributed by atoms with Crippen molar-refractivity contribution in [3.8, 4) is 5.69 Å². The van der Waals surface area contributed by atoms with Crippen LogP contribution in [0, 0.1) is 22.9 Å². The molecule has 0 aliphatic carbocycles. The van der Waals surface area contributed by atoms with E-state index in [4.69, 9.17) is 4.84 Å². The fraction of sp³-hybridized carbons (Fsp3) is 0.0714. The summed E-state index contributed by atoms with van der Waals surface area (Å²) in [5.74, 6) is -1.10. The zero-order valence-electron chi connectivity index (χ0n) is 19.4. The van der Waals surface area contributed by atoms with Gasteiger partial charge in [-0.1, -0.05) is 41.6 Å². The first-order chi connectivity index (χ1) is 17.3. The fourth-order valence-corrected chi connectivity index (χ4v) is 4.41. The Labute approximate surface area is 205 Å². The molecule has 0 radical (unpaired) electrons. The average molecular weight is 481 g/mol. The predicted octanol–water partition coefficient (Wildman–Crippen LogP) is 6.45. The Kier molecular flexibility index (Phi) is 5.77. The summed E-state index contributed by atoms with van der Waals surface area (Å²) in [7, 11) is 0. The number of para-hydroxylation sites is 1. The number of non-ortho nitro benzene ring substituents is 1. The van der Waals surface area contributed by atoms with Gasteiger partial charge in [-0.2, -0.15) is 0 Å². The average Bonchev–Trinajstić information content (AvgIpc) is 3.19. The smallest absolute Gasteiger partial charge is 0.318 e. The molecule has 0 fully saturated rings. The SMILES string of the molecule is CC(=O)O/N=C(\c1ccc(-n2c3ccccc3c3cc([N+](=O)[O-])ccc32)cc1C)c1ccccc1F. The van der Waals surface area contributed by atoms with E-state index in [9.17, 15) is 19.3 Å². The number of aryl methyl sites for hydroxylation is 1. The summed E-state index contributed by atoms with van der Waals surface area (Å²) in [6, 6.07) is 24.2. The lowest BCUT2D eigenvalue weighted by Crippen LogP contribution is -2.10. The summed E-state index contributed by atoms with van der Waals surface area (Å²) in [6.45, 7) is 3.09. The third-order valence-electron chi connectivity index (χ3n) is 5.98.